The highest BCUT2D eigenvalue weighted by Gasteiger charge is 2.44. The molecule has 0 saturated carbocycles. The number of anilines is 2. The average Bonchev–Trinajstić information content (AvgIpc) is 3.30. The number of aromatic nitrogens is 3. The minimum atomic E-state index is -0.730. The number of urea groups is 1. The fraction of sp³-hybridized carbons (Fsp3) is 0.440. The smallest absolute Gasteiger partial charge is 0.321 e. The topological polar surface area (TPSA) is 137 Å². The van der Waals surface area contributed by atoms with E-state index in [1.54, 1.807) is 18.5 Å². The molecule has 0 bridgehead atoms. The number of benzene rings is 1. The molecular formula is C25H30N6O4S. The second kappa shape index (κ2) is 10.6. The number of fused-ring (bicyclic) bond motifs is 1. The molecule has 1 fully saturated rings. The molecule has 3 heterocycles. The lowest BCUT2D eigenvalue weighted by Gasteiger charge is -2.44. The largest absolute Gasteiger partial charge is 0.481 e. The van der Waals surface area contributed by atoms with Crippen LogP contribution in [0.4, 0.5) is 15.9 Å². The number of nitrogens with zero attached hydrogens (tertiary/aromatic N) is 4. The third kappa shape index (κ3) is 4.88. The highest BCUT2D eigenvalue weighted by molar-refractivity contribution is 7.22. The van der Waals surface area contributed by atoms with E-state index in [0.717, 1.165) is 23.8 Å². The molecule has 10 nitrogen and oxygen atoms in total. The molecule has 0 radical (unpaired) electrons. The van der Waals surface area contributed by atoms with Crippen LogP contribution in [-0.2, 0) is 4.79 Å². The van der Waals surface area contributed by atoms with Gasteiger partial charge in [0.05, 0.1) is 15.6 Å². The number of carboxylic acids is 1. The first-order valence-electron chi connectivity index (χ1n) is 12.1. The van der Waals surface area contributed by atoms with Crippen molar-refractivity contribution in [1.82, 2.24) is 20.3 Å². The standard InChI is InChI=1S/C25H30N6O4S/c1-4-18-11-25(5-2,21(33)34)7-8-31(18)22-27-12-17(13-28-22)15-9-16(14-32)20-19(10-15)29-24(36-20)30-23(35)26-6-3/h9-10,12-14,18H,4-8,11H2,1-3H3,(H,33,34)(H2,26,29,30,35). The molecule has 1 saturated heterocycles. The molecule has 0 spiro atoms. The number of aldehydes is 1. The van der Waals surface area contributed by atoms with Gasteiger partial charge in [-0.3, -0.25) is 14.9 Å². The summed E-state index contributed by atoms with van der Waals surface area (Å²) >= 11 is 1.24. The third-order valence-electron chi connectivity index (χ3n) is 6.93. The number of thiazole rings is 1. The Hall–Kier alpha value is -3.60. The van der Waals surface area contributed by atoms with E-state index in [2.05, 4.69) is 37.4 Å². The van der Waals surface area contributed by atoms with Crippen molar-refractivity contribution < 1.29 is 19.5 Å². The zero-order chi connectivity index (χ0) is 25.9. The molecule has 36 heavy (non-hydrogen) atoms. The molecule has 4 rings (SSSR count). The minimum absolute atomic E-state index is 0.0458. The molecule has 2 amide bonds. The maximum absolute atomic E-state index is 11.9. The molecule has 2 aromatic heterocycles. The first-order chi connectivity index (χ1) is 17.3. The lowest BCUT2D eigenvalue weighted by molar-refractivity contribution is -0.151. The lowest BCUT2D eigenvalue weighted by atomic mass is 9.73. The number of hydrogen-bond donors (Lipinski definition) is 3. The van der Waals surface area contributed by atoms with Crippen LogP contribution in [0.2, 0.25) is 0 Å². The number of carbonyl (C=O) groups is 3. The number of amides is 2. The predicted octanol–water partition coefficient (Wildman–Crippen LogP) is 4.57. The van der Waals surface area contributed by atoms with Crippen molar-refractivity contribution in [3.8, 4) is 11.1 Å². The number of rotatable bonds is 8. The Morgan fingerprint density at radius 1 is 1.22 bits per heavy atom. The Kier molecular flexibility index (Phi) is 7.48. The normalized spacial score (nSPS) is 19.8. The van der Waals surface area contributed by atoms with Crippen molar-refractivity contribution in [3.63, 3.8) is 0 Å². The van der Waals surface area contributed by atoms with Gasteiger partial charge in [0, 0.05) is 42.7 Å². The fourth-order valence-electron chi connectivity index (χ4n) is 4.76. The molecule has 11 heteroatoms. The van der Waals surface area contributed by atoms with Crippen molar-refractivity contribution in [2.24, 2.45) is 5.41 Å². The van der Waals surface area contributed by atoms with Crippen LogP contribution in [0.5, 0.6) is 0 Å². The van der Waals surface area contributed by atoms with Gasteiger partial charge in [-0.05, 0) is 50.3 Å². The number of hydrogen-bond acceptors (Lipinski definition) is 8. The van der Waals surface area contributed by atoms with Crippen LogP contribution in [-0.4, -0.2) is 57.5 Å². The summed E-state index contributed by atoms with van der Waals surface area (Å²) in [6, 6.07) is 3.30. The summed E-state index contributed by atoms with van der Waals surface area (Å²) in [5.41, 5.74) is 1.85. The number of piperidine rings is 1. The molecule has 3 aromatic rings. The summed E-state index contributed by atoms with van der Waals surface area (Å²) in [6.45, 7) is 6.89. The first-order valence-corrected chi connectivity index (χ1v) is 12.9. The van der Waals surface area contributed by atoms with Crippen LogP contribution >= 0.6 is 11.3 Å². The molecule has 2 atom stereocenters. The van der Waals surface area contributed by atoms with E-state index in [-0.39, 0.29) is 12.1 Å². The Labute approximate surface area is 213 Å². The van der Waals surface area contributed by atoms with Gasteiger partial charge in [-0.25, -0.2) is 19.7 Å². The van der Waals surface area contributed by atoms with E-state index in [9.17, 15) is 19.5 Å². The van der Waals surface area contributed by atoms with E-state index < -0.39 is 11.4 Å². The second-order valence-electron chi connectivity index (χ2n) is 8.96. The van der Waals surface area contributed by atoms with Crippen LogP contribution in [0.25, 0.3) is 21.3 Å². The molecule has 0 aliphatic carbocycles. The molecule has 2 unspecified atom stereocenters. The van der Waals surface area contributed by atoms with Crippen molar-refractivity contribution >= 4 is 50.9 Å². The Morgan fingerprint density at radius 2 is 1.97 bits per heavy atom. The van der Waals surface area contributed by atoms with E-state index in [4.69, 9.17) is 0 Å². The quantitative estimate of drug-likeness (QED) is 0.375. The van der Waals surface area contributed by atoms with Crippen LogP contribution < -0.4 is 15.5 Å². The highest BCUT2D eigenvalue weighted by Crippen LogP contribution is 2.40. The van der Waals surface area contributed by atoms with E-state index in [0.29, 0.717) is 59.2 Å². The molecule has 3 N–H and O–H groups in total. The van der Waals surface area contributed by atoms with E-state index in [1.807, 2.05) is 19.9 Å². The molecule has 1 aliphatic rings. The summed E-state index contributed by atoms with van der Waals surface area (Å²) < 4.78 is 0.690. The summed E-state index contributed by atoms with van der Waals surface area (Å²) in [6.07, 6.45) is 6.72. The van der Waals surface area contributed by atoms with Crippen LogP contribution in [0, 0.1) is 5.41 Å². The van der Waals surface area contributed by atoms with Gasteiger partial charge in [-0.2, -0.15) is 0 Å². The van der Waals surface area contributed by atoms with Gasteiger partial charge in [0.25, 0.3) is 0 Å². The summed E-state index contributed by atoms with van der Waals surface area (Å²) in [5.74, 6) is -0.161. The van der Waals surface area contributed by atoms with Gasteiger partial charge in [0.2, 0.25) is 5.95 Å². The zero-order valence-corrected chi connectivity index (χ0v) is 21.4. The Balaban J connectivity index is 1.59. The Morgan fingerprint density at radius 3 is 2.58 bits per heavy atom. The monoisotopic (exact) mass is 510 g/mol. The number of carbonyl (C=O) groups excluding carboxylic acids is 2. The molecule has 190 valence electrons. The fourth-order valence-corrected chi connectivity index (χ4v) is 5.68. The van der Waals surface area contributed by atoms with Crippen molar-refractivity contribution in [2.75, 3.05) is 23.3 Å². The SMILES string of the molecule is CCNC(=O)Nc1nc2cc(-c3cnc(N4CCC(CC)(C(=O)O)CC4CC)nc3)cc(C=O)c2s1. The molecular weight excluding hydrogens is 480 g/mol. The Bertz CT molecular complexity index is 1280. The number of carboxylic acid groups (broad SMARTS) is 1. The lowest BCUT2D eigenvalue weighted by Crippen LogP contribution is -2.50. The van der Waals surface area contributed by atoms with Gasteiger partial charge in [0.15, 0.2) is 11.4 Å². The molecule has 1 aliphatic heterocycles. The summed E-state index contributed by atoms with van der Waals surface area (Å²) in [4.78, 5) is 51.3. The van der Waals surface area contributed by atoms with Crippen LogP contribution in [0.1, 0.15) is 56.8 Å². The zero-order valence-electron chi connectivity index (χ0n) is 20.6. The van der Waals surface area contributed by atoms with Gasteiger partial charge in [0.1, 0.15) is 0 Å². The number of nitrogens with one attached hydrogen (secondary N) is 2. The average molecular weight is 511 g/mol. The van der Waals surface area contributed by atoms with Gasteiger partial charge >= 0.3 is 12.0 Å². The highest BCUT2D eigenvalue weighted by atomic mass is 32.1. The van der Waals surface area contributed by atoms with Gasteiger partial charge in [-0.1, -0.05) is 25.2 Å². The third-order valence-corrected chi connectivity index (χ3v) is 7.97. The van der Waals surface area contributed by atoms with E-state index >= 15 is 0 Å². The maximum Gasteiger partial charge on any atom is 0.321 e. The summed E-state index contributed by atoms with van der Waals surface area (Å²) in [5, 5.41) is 15.6. The molecule has 1 aromatic carbocycles. The first kappa shape index (κ1) is 25.5. The van der Waals surface area contributed by atoms with Gasteiger partial charge in [-0.15, -0.1) is 0 Å². The van der Waals surface area contributed by atoms with Crippen LogP contribution in [0.15, 0.2) is 24.5 Å². The predicted molar refractivity (Wildman–Crippen MR) is 140 cm³/mol. The maximum atomic E-state index is 11.9. The van der Waals surface area contributed by atoms with Gasteiger partial charge < -0.3 is 15.3 Å². The van der Waals surface area contributed by atoms with Crippen LogP contribution in [0.3, 0.4) is 0 Å². The second-order valence-corrected chi connectivity index (χ2v) is 9.95. The number of aliphatic carboxylic acids is 1. The van der Waals surface area contributed by atoms with E-state index in [1.165, 1.54) is 11.3 Å². The minimum Gasteiger partial charge on any atom is -0.481 e. The van der Waals surface area contributed by atoms with Crippen molar-refractivity contribution in [1.29, 1.82) is 0 Å². The van der Waals surface area contributed by atoms with Crippen molar-refractivity contribution in [3.05, 3.63) is 30.1 Å². The summed E-state index contributed by atoms with van der Waals surface area (Å²) in [7, 11) is 0. The van der Waals surface area contributed by atoms with Crippen molar-refractivity contribution in [2.45, 2.75) is 52.5 Å².